The van der Waals surface area contributed by atoms with Gasteiger partial charge in [-0.15, -0.1) is 0 Å². The minimum absolute atomic E-state index is 0.0174. The molecule has 2 N–H and O–H groups in total. The molecule has 0 spiro atoms. The molecule has 0 bridgehead atoms. The molecule has 2 atom stereocenters. The molecule has 19 heavy (non-hydrogen) atoms. The van der Waals surface area contributed by atoms with Crippen molar-refractivity contribution in [2.24, 2.45) is 0 Å². The quantitative estimate of drug-likeness (QED) is 0.754. The van der Waals surface area contributed by atoms with Crippen molar-refractivity contribution in [3.05, 3.63) is 34.3 Å². The Labute approximate surface area is 122 Å². The van der Waals surface area contributed by atoms with Crippen molar-refractivity contribution in [3.8, 4) is 0 Å². The van der Waals surface area contributed by atoms with Crippen molar-refractivity contribution < 1.29 is 14.6 Å². The van der Waals surface area contributed by atoms with E-state index in [1.165, 1.54) is 0 Å². The van der Waals surface area contributed by atoms with E-state index in [0.29, 0.717) is 13.2 Å². The number of nitrogens with one attached hydrogen (secondary N) is 1. The van der Waals surface area contributed by atoms with Crippen molar-refractivity contribution in [2.45, 2.75) is 32.4 Å². The molecule has 1 unspecified atom stereocenters. The normalized spacial score (nSPS) is 13.9. The monoisotopic (exact) mass is 329 g/mol. The van der Waals surface area contributed by atoms with E-state index >= 15 is 0 Å². The van der Waals surface area contributed by atoms with Gasteiger partial charge in [-0.25, -0.2) is 0 Å². The molecule has 5 heteroatoms. The maximum Gasteiger partial charge on any atom is 0.308 e. The van der Waals surface area contributed by atoms with Gasteiger partial charge >= 0.3 is 5.97 Å². The number of aliphatic hydroxyl groups is 1. The van der Waals surface area contributed by atoms with Gasteiger partial charge in [-0.2, -0.15) is 0 Å². The first kappa shape index (κ1) is 16.1. The summed E-state index contributed by atoms with van der Waals surface area (Å²) in [4.78, 5) is 11.2. The molecule has 4 nitrogen and oxygen atoms in total. The molecular formula is C14H20BrNO3. The lowest BCUT2D eigenvalue weighted by molar-refractivity contribution is -0.145. The zero-order valence-electron chi connectivity index (χ0n) is 11.2. The van der Waals surface area contributed by atoms with Crippen molar-refractivity contribution in [2.75, 3.05) is 13.2 Å². The van der Waals surface area contributed by atoms with Crippen LogP contribution in [0.15, 0.2) is 28.7 Å². The van der Waals surface area contributed by atoms with Gasteiger partial charge in [0, 0.05) is 17.1 Å². The Kier molecular flexibility index (Phi) is 7.05. The first-order valence-electron chi connectivity index (χ1n) is 6.36. The Hall–Kier alpha value is -0.910. The summed E-state index contributed by atoms with van der Waals surface area (Å²) in [6.07, 6.45) is -0.715. The summed E-state index contributed by atoms with van der Waals surface area (Å²) in [6.45, 7) is 4.45. The molecule has 1 rings (SSSR count). The summed E-state index contributed by atoms with van der Waals surface area (Å²) in [5, 5.41) is 12.9. The lowest BCUT2D eigenvalue weighted by atomic mass is 10.1. The third kappa shape index (κ3) is 5.72. The Morgan fingerprint density at radius 1 is 1.47 bits per heavy atom. The van der Waals surface area contributed by atoms with Gasteiger partial charge in [0.25, 0.3) is 0 Å². The molecule has 0 aliphatic carbocycles. The van der Waals surface area contributed by atoms with Crippen molar-refractivity contribution in [1.82, 2.24) is 5.32 Å². The number of esters is 1. The molecule has 0 saturated carbocycles. The van der Waals surface area contributed by atoms with Gasteiger partial charge in [-0.05, 0) is 25.5 Å². The number of hydrogen-bond donors (Lipinski definition) is 2. The number of carbonyl (C=O) groups excluding carboxylic acids is 1. The maximum absolute atomic E-state index is 11.2. The van der Waals surface area contributed by atoms with E-state index in [4.69, 9.17) is 4.74 Å². The van der Waals surface area contributed by atoms with E-state index < -0.39 is 6.10 Å². The molecule has 0 heterocycles. The van der Waals surface area contributed by atoms with E-state index in [-0.39, 0.29) is 18.4 Å². The first-order valence-corrected chi connectivity index (χ1v) is 7.15. The highest BCUT2D eigenvalue weighted by atomic mass is 79.9. The summed E-state index contributed by atoms with van der Waals surface area (Å²) in [5.74, 6) is -0.370. The number of halogens is 1. The summed E-state index contributed by atoms with van der Waals surface area (Å²) in [5.41, 5.74) is 1.12. The lowest BCUT2D eigenvalue weighted by Gasteiger charge is -2.18. The zero-order valence-corrected chi connectivity index (χ0v) is 12.8. The molecule has 0 saturated heterocycles. The molecule has 106 valence electrons. The van der Waals surface area contributed by atoms with E-state index in [2.05, 4.69) is 21.2 Å². The van der Waals surface area contributed by atoms with Crippen molar-refractivity contribution in [1.29, 1.82) is 0 Å². The van der Waals surface area contributed by atoms with Gasteiger partial charge in [0.1, 0.15) is 0 Å². The zero-order chi connectivity index (χ0) is 14.3. The van der Waals surface area contributed by atoms with E-state index in [1.807, 2.05) is 31.2 Å². The minimum Gasteiger partial charge on any atom is -0.466 e. The highest BCUT2D eigenvalue weighted by molar-refractivity contribution is 9.10. The minimum atomic E-state index is -0.732. The fourth-order valence-electron chi connectivity index (χ4n) is 1.73. The number of aliphatic hydroxyl groups excluding tert-OH is 1. The average molecular weight is 330 g/mol. The molecule has 1 aromatic carbocycles. The molecule has 1 aromatic rings. The van der Waals surface area contributed by atoms with Crippen molar-refractivity contribution in [3.63, 3.8) is 0 Å². The number of hydrogen-bond acceptors (Lipinski definition) is 4. The van der Waals surface area contributed by atoms with Crippen LogP contribution in [0.2, 0.25) is 0 Å². The van der Waals surface area contributed by atoms with Crippen LogP contribution in [0.3, 0.4) is 0 Å². The molecule has 0 fully saturated rings. The third-order valence-electron chi connectivity index (χ3n) is 2.74. The third-order valence-corrected chi connectivity index (χ3v) is 3.46. The number of ether oxygens (including phenoxy) is 1. The fourth-order valence-corrected chi connectivity index (χ4v) is 2.36. The second-order valence-electron chi connectivity index (χ2n) is 4.31. The van der Waals surface area contributed by atoms with Gasteiger partial charge in [0.05, 0.1) is 19.1 Å². The molecule has 0 aliphatic heterocycles. The number of benzene rings is 1. The first-order chi connectivity index (χ1) is 9.04. The predicted octanol–water partition coefficient (Wildman–Crippen LogP) is 2.41. The second-order valence-corrected chi connectivity index (χ2v) is 5.17. The van der Waals surface area contributed by atoms with Crippen LogP contribution in [0.4, 0.5) is 0 Å². The van der Waals surface area contributed by atoms with Crippen LogP contribution in [-0.4, -0.2) is 30.3 Å². The van der Waals surface area contributed by atoms with Crippen LogP contribution in [-0.2, 0) is 9.53 Å². The summed E-state index contributed by atoms with van der Waals surface area (Å²) >= 11 is 3.49. The molecular weight excluding hydrogens is 310 g/mol. The second kappa shape index (κ2) is 8.30. The summed E-state index contributed by atoms with van der Waals surface area (Å²) < 4.78 is 5.81. The van der Waals surface area contributed by atoms with E-state index in [0.717, 1.165) is 10.0 Å². The fraction of sp³-hybridized carbons (Fsp3) is 0.500. The van der Waals surface area contributed by atoms with Gasteiger partial charge in [0.15, 0.2) is 0 Å². The highest BCUT2D eigenvalue weighted by Crippen LogP contribution is 2.22. The van der Waals surface area contributed by atoms with Gasteiger partial charge in [-0.3, -0.25) is 4.79 Å². The number of carbonyl (C=O) groups is 1. The topological polar surface area (TPSA) is 58.6 Å². The predicted molar refractivity (Wildman–Crippen MR) is 77.8 cm³/mol. The Morgan fingerprint density at radius 3 is 2.79 bits per heavy atom. The molecule has 0 radical (unpaired) electrons. The Balaban J connectivity index is 2.40. The molecule has 0 aliphatic rings. The molecule has 0 amide bonds. The van der Waals surface area contributed by atoms with Crippen molar-refractivity contribution >= 4 is 21.9 Å². The highest BCUT2D eigenvalue weighted by Gasteiger charge is 2.14. The maximum atomic E-state index is 11.2. The van der Waals surface area contributed by atoms with E-state index in [1.54, 1.807) is 6.92 Å². The lowest BCUT2D eigenvalue weighted by Crippen LogP contribution is -2.31. The standard InChI is InChI=1S/C14H20BrNO3/c1-3-19-14(18)8-11(17)9-16-10(2)12-6-4-5-7-13(12)15/h4-7,10-11,16-17H,3,8-9H2,1-2H3/t10-,11?/m0/s1. The van der Waals surface area contributed by atoms with Crippen LogP contribution in [0.25, 0.3) is 0 Å². The van der Waals surface area contributed by atoms with Gasteiger partial charge in [0.2, 0.25) is 0 Å². The SMILES string of the molecule is CCOC(=O)CC(O)CN[C@@H](C)c1ccccc1Br. The van der Waals surface area contributed by atoms with Crippen LogP contribution in [0, 0.1) is 0 Å². The smallest absolute Gasteiger partial charge is 0.308 e. The van der Waals surface area contributed by atoms with E-state index in [9.17, 15) is 9.90 Å². The molecule has 0 aromatic heterocycles. The van der Waals surface area contributed by atoms with Gasteiger partial charge < -0.3 is 15.2 Å². The summed E-state index contributed by atoms with van der Waals surface area (Å²) in [6, 6.07) is 8.00. The largest absolute Gasteiger partial charge is 0.466 e. The summed E-state index contributed by atoms with van der Waals surface area (Å²) in [7, 11) is 0. The Bertz CT molecular complexity index is 411. The van der Waals surface area contributed by atoms with Crippen LogP contribution in [0.5, 0.6) is 0 Å². The Morgan fingerprint density at radius 2 is 2.16 bits per heavy atom. The van der Waals surface area contributed by atoms with Gasteiger partial charge in [-0.1, -0.05) is 34.1 Å². The van der Waals surface area contributed by atoms with Crippen LogP contribution < -0.4 is 5.32 Å². The van der Waals surface area contributed by atoms with Crippen LogP contribution >= 0.6 is 15.9 Å². The van der Waals surface area contributed by atoms with Crippen LogP contribution in [0.1, 0.15) is 31.9 Å². The number of rotatable bonds is 7. The average Bonchev–Trinajstić information content (AvgIpc) is 2.36.